The second-order valence-electron chi connectivity index (χ2n) is 6.31. The van der Waals surface area contributed by atoms with Crippen LogP contribution in [0.4, 0.5) is 5.82 Å². The molecule has 6 nitrogen and oxygen atoms in total. The van der Waals surface area contributed by atoms with E-state index >= 15 is 0 Å². The summed E-state index contributed by atoms with van der Waals surface area (Å²) in [6, 6.07) is 4.01. The summed E-state index contributed by atoms with van der Waals surface area (Å²) in [7, 11) is 0. The molecule has 0 aliphatic carbocycles. The summed E-state index contributed by atoms with van der Waals surface area (Å²) in [5, 5.41) is 4.63. The van der Waals surface area contributed by atoms with Crippen LogP contribution >= 0.6 is 0 Å². The molecular formula is C19H27N6+. The maximum Gasteiger partial charge on any atom is 0.150 e. The van der Waals surface area contributed by atoms with Crippen LogP contribution in [0.1, 0.15) is 25.1 Å². The molecule has 0 aromatic carbocycles. The molecule has 0 amide bonds. The molecule has 6 heteroatoms. The van der Waals surface area contributed by atoms with E-state index in [1.54, 1.807) is 11.2 Å². The molecular weight excluding hydrogens is 312 g/mol. The zero-order valence-electron chi connectivity index (χ0n) is 15.5. The van der Waals surface area contributed by atoms with Gasteiger partial charge in [-0.25, -0.2) is 9.97 Å². The van der Waals surface area contributed by atoms with E-state index in [0.717, 1.165) is 48.7 Å². The monoisotopic (exact) mass is 339 g/mol. The number of hydrogen-bond donors (Lipinski definition) is 2. The minimum atomic E-state index is 0.905. The third-order valence-electron chi connectivity index (χ3n) is 4.98. The van der Waals surface area contributed by atoms with Crippen molar-refractivity contribution in [3.63, 3.8) is 0 Å². The zero-order chi connectivity index (χ0) is 17.8. The van der Waals surface area contributed by atoms with Gasteiger partial charge in [0.25, 0.3) is 0 Å². The number of nitrogens with zero attached hydrogens (tertiary/aromatic N) is 4. The van der Waals surface area contributed by atoms with Crippen LogP contribution in [0.25, 0.3) is 16.7 Å². The fourth-order valence-electron chi connectivity index (χ4n) is 3.30. The number of aromatic nitrogens is 4. The molecule has 2 N–H and O–H groups in total. The number of fused-ring (bicyclic) bond motifs is 1. The van der Waals surface area contributed by atoms with Crippen LogP contribution in [-0.2, 0) is 0 Å². The van der Waals surface area contributed by atoms with Crippen molar-refractivity contribution >= 4 is 16.9 Å². The van der Waals surface area contributed by atoms with E-state index in [9.17, 15) is 0 Å². The summed E-state index contributed by atoms with van der Waals surface area (Å²) in [5.41, 5.74) is 4.40. The van der Waals surface area contributed by atoms with Crippen LogP contribution in [0.5, 0.6) is 0 Å². The second-order valence-corrected chi connectivity index (χ2v) is 6.31. The maximum atomic E-state index is 4.56. The van der Waals surface area contributed by atoms with E-state index in [-0.39, 0.29) is 0 Å². The van der Waals surface area contributed by atoms with Gasteiger partial charge in [-0.15, -0.1) is 0 Å². The molecule has 0 atom stereocenters. The Balaban J connectivity index is 1.97. The van der Waals surface area contributed by atoms with Gasteiger partial charge in [-0.1, -0.05) is 0 Å². The zero-order valence-corrected chi connectivity index (χ0v) is 15.5. The molecule has 0 spiro atoms. The van der Waals surface area contributed by atoms with Gasteiger partial charge in [0.05, 0.1) is 37.3 Å². The largest absolute Gasteiger partial charge is 0.364 e. The minimum Gasteiger partial charge on any atom is -0.364 e. The lowest BCUT2D eigenvalue weighted by atomic mass is 10.2. The fraction of sp³-hybridized carbons (Fsp3) is 0.421. The van der Waals surface area contributed by atoms with E-state index in [4.69, 9.17) is 0 Å². The van der Waals surface area contributed by atoms with Gasteiger partial charge in [0.1, 0.15) is 12.1 Å². The van der Waals surface area contributed by atoms with E-state index in [0.29, 0.717) is 0 Å². The van der Waals surface area contributed by atoms with Gasteiger partial charge >= 0.3 is 0 Å². The molecule has 0 radical (unpaired) electrons. The Morgan fingerprint density at radius 3 is 2.48 bits per heavy atom. The highest BCUT2D eigenvalue weighted by molar-refractivity contribution is 5.93. The lowest BCUT2D eigenvalue weighted by molar-refractivity contribution is -0.894. The Labute approximate surface area is 148 Å². The van der Waals surface area contributed by atoms with E-state index in [1.165, 1.54) is 11.3 Å². The van der Waals surface area contributed by atoms with Crippen LogP contribution < -0.4 is 10.2 Å². The first-order chi connectivity index (χ1) is 12.2. The highest BCUT2D eigenvalue weighted by atomic mass is 15.1. The predicted octanol–water partition coefficient (Wildman–Crippen LogP) is 1.77. The van der Waals surface area contributed by atoms with Gasteiger partial charge in [-0.3, -0.25) is 9.55 Å². The summed E-state index contributed by atoms with van der Waals surface area (Å²) < 4.78 is 2.18. The number of rotatable bonds is 7. The quantitative estimate of drug-likeness (QED) is 0.689. The standard InChI is InChI=1S/C19H26N6/c1-5-24(6-2)12-11-21-18-17-14(3)15(4)25(19(17)23-13-22-18)16-7-9-20-10-8-16/h7-10,13H,5-6,11-12H2,1-4H3,(H,21,22,23)/p+1. The molecule has 0 aliphatic rings. The summed E-state index contributed by atoms with van der Waals surface area (Å²) in [6.45, 7) is 13.0. The number of hydrogen-bond acceptors (Lipinski definition) is 4. The third kappa shape index (κ3) is 3.35. The molecule has 0 unspecified atom stereocenters. The van der Waals surface area contributed by atoms with Gasteiger partial charge in [0.15, 0.2) is 5.65 Å². The molecule has 3 rings (SSSR count). The first-order valence-electron chi connectivity index (χ1n) is 8.97. The normalized spacial score (nSPS) is 11.4. The van der Waals surface area contributed by atoms with Crippen LogP contribution in [0.15, 0.2) is 30.9 Å². The molecule has 0 saturated carbocycles. The molecule has 25 heavy (non-hydrogen) atoms. The number of anilines is 1. The molecule has 0 saturated heterocycles. The summed E-state index contributed by atoms with van der Waals surface area (Å²) >= 11 is 0. The number of quaternary nitrogens is 1. The van der Waals surface area contributed by atoms with Gasteiger partial charge < -0.3 is 10.2 Å². The number of pyridine rings is 1. The summed E-state index contributed by atoms with van der Waals surface area (Å²) in [6.07, 6.45) is 5.26. The lowest BCUT2D eigenvalue weighted by Crippen LogP contribution is -3.12. The average Bonchev–Trinajstić information content (AvgIpc) is 2.91. The van der Waals surface area contributed by atoms with Gasteiger partial charge in [-0.05, 0) is 45.4 Å². The van der Waals surface area contributed by atoms with Crippen LogP contribution in [0.3, 0.4) is 0 Å². The number of likely N-dealkylation sites (N-methyl/N-ethyl adjacent to an activating group) is 1. The third-order valence-corrected chi connectivity index (χ3v) is 4.98. The van der Waals surface area contributed by atoms with Crippen molar-refractivity contribution in [1.29, 1.82) is 0 Å². The van der Waals surface area contributed by atoms with E-state index in [1.807, 2.05) is 24.5 Å². The van der Waals surface area contributed by atoms with Crippen molar-refractivity contribution < 1.29 is 4.90 Å². The molecule has 0 fully saturated rings. The second kappa shape index (κ2) is 7.61. The molecule has 132 valence electrons. The molecule has 0 aliphatic heterocycles. The van der Waals surface area contributed by atoms with Gasteiger partial charge in [0, 0.05) is 18.1 Å². The van der Waals surface area contributed by atoms with Gasteiger partial charge in [-0.2, -0.15) is 0 Å². The Hall–Kier alpha value is -2.47. The van der Waals surface area contributed by atoms with Gasteiger partial charge in [0.2, 0.25) is 0 Å². The molecule has 3 aromatic rings. The van der Waals surface area contributed by atoms with Crippen LogP contribution in [0, 0.1) is 13.8 Å². The molecule has 3 aromatic heterocycles. The first kappa shape index (κ1) is 17.4. The van der Waals surface area contributed by atoms with E-state index in [2.05, 4.69) is 52.5 Å². The van der Waals surface area contributed by atoms with Crippen molar-refractivity contribution in [1.82, 2.24) is 19.5 Å². The highest BCUT2D eigenvalue weighted by Gasteiger charge is 2.17. The summed E-state index contributed by atoms with van der Waals surface area (Å²) in [5.74, 6) is 0.921. The van der Waals surface area contributed by atoms with Crippen LogP contribution in [0.2, 0.25) is 0 Å². The molecule has 3 heterocycles. The Kier molecular flexibility index (Phi) is 5.28. The Morgan fingerprint density at radius 1 is 1.08 bits per heavy atom. The Morgan fingerprint density at radius 2 is 1.80 bits per heavy atom. The van der Waals surface area contributed by atoms with Crippen molar-refractivity contribution in [2.75, 3.05) is 31.5 Å². The van der Waals surface area contributed by atoms with Crippen molar-refractivity contribution in [3.05, 3.63) is 42.1 Å². The lowest BCUT2D eigenvalue weighted by Gasteiger charge is -2.16. The topological polar surface area (TPSA) is 60.1 Å². The smallest absolute Gasteiger partial charge is 0.150 e. The van der Waals surface area contributed by atoms with Crippen molar-refractivity contribution in [3.8, 4) is 5.69 Å². The fourth-order valence-corrected chi connectivity index (χ4v) is 3.30. The van der Waals surface area contributed by atoms with E-state index < -0.39 is 0 Å². The minimum absolute atomic E-state index is 0.905. The Bertz CT molecular complexity index is 836. The number of nitrogens with one attached hydrogen (secondary N) is 2. The maximum absolute atomic E-state index is 4.56. The summed E-state index contributed by atoms with van der Waals surface area (Å²) in [4.78, 5) is 14.8. The average molecular weight is 339 g/mol. The predicted molar refractivity (Wildman–Crippen MR) is 102 cm³/mol. The van der Waals surface area contributed by atoms with Crippen molar-refractivity contribution in [2.24, 2.45) is 0 Å². The van der Waals surface area contributed by atoms with Crippen LogP contribution in [-0.4, -0.2) is 45.7 Å². The first-order valence-corrected chi connectivity index (χ1v) is 8.97. The SMILES string of the molecule is CC[NH+](CC)CCNc1ncnc2c1c(C)c(C)n2-c1ccncc1. The number of aryl methyl sites for hydroxylation is 1. The molecule has 0 bridgehead atoms. The highest BCUT2D eigenvalue weighted by Crippen LogP contribution is 2.30. The van der Waals surface area contributed by atoms with Crippen molar-refractivity contribution in [2.45, 2.75) is 27.7 Å².